The molecule has 2 bridgehead atoms. The number of H-pyrrole nitrogens is 1. The van der Waals surface area contributed by atoms with Gasteiger partial charge in [0.25, 0.3) is 0 Å². The molecule has 0 saturated carbocycles. The number of hydrogen-bond donors (Lipinski definition) is 3. The SMILES string of the molecule is Cc1cc(Nc2nc(N[C@@H]3C[C@H]4CC[C@@H](C3)N4CCC#N)nc3cc(-n4ccnc4)ccc23)n[nH]1. The monoisotopic (exact) mass is 468 g/mol. The van der Waals surface area contributed by atoms with Crippen LogP contribution in [0.3, 0.4) is 0 Å². The maximum absolute atomic E-state index is 9.01. The maximum atomic E-state index is 9.01. The minimum Gasteiger partial charge on any atom is -0.351 e. The van der Waals surface area contributed by atoms with Gasteiger partial charge in [-0.3, -0.25) is 10.00 Å². The summed E-state index contributed by atoms with van der Waals surface area (Å²) < 4.78 is 1.97. The molecule has 2 saturated heterocycles. The number of aromatic nitrogens is 6. The molecule has 3 aromatic heterocycles. The van der Waals surface area contributed by atoms with Gasteiger partial charge in [-0.2, -0.15) is 15.3 Å². The largest absolute Gasteiger partial charge is 0.351 e. The molecule has 0 amide bonds. The van der Waals surface area contributed by atoms with E-state index in [1.54, 1.807) is 12.5 Å². The first-order valence-electron chi connectivity index (χ1n) is 12.1. The van der Waals surface area contributed by atoms with Gasteiger partial charge in [0.2, 0.25) is 5.95 Å². The van der Waals surface area contributed by atoms with Crippen LogP contribution in [0.4, 0.5) is 17.6 Å². The average Bonchev–Trinajstić information content (AvgIpc) is 3.58. The quantitative estimate of drug-likeness (QED) is 0.373. The van der Waals surface area contributed by atoms with Crippen molar-refractivity contribution in [2.75, 3.05) is 17.2 Å². The fraction of sp³-hybridized carbons (Fsp3) is 0.400. The van der Waals surface area contributed by atoms with Crippen LogP contribution >= 0.6 is 0 Å². The number of benzene rings is 1. The summed E-state index contributed by atoms with van der Waals surface area (Å²) in [5, 5.41) is 24.2. The van der Waals surface area contributed by atoms with Crippen molar-refractivity contribution >= 4 is 28.5 Å². The number of fused-ring (bicyclic) bond motifs is 3. The highest BCUT2D eigenvalue weighted by Gasteiger charge is 2.40. The first kappa shape index (κ1) is 21.6. The number of anilines is 3. The Labute approximate surface area is 203 Å². The summed E-state index contributed by atoms with van der Waals surface area (Å²) in [6, 6.07) is 11.7. The molecule has 2 fully saturated rings. The zero-order valence-electron chi connectivity index (χ0n) is 19.6. The second-order valence-corrected chi connectivity index (χ2v) is 9.47. The predicted molar refractivity (Wildman–Crippen MR) is 134 cm³/mol. The highest BCUT2D eigenvalue weighted by molar-refractivity contribution is 5.92. The summed E-state index contributed by atoms with van der Waals surface area (Å²) in [7, 11) is 0. The molecule has 6 rings (SSSR count). The van der Waals surface area contributed by atoms with E-state index in [0.29, 0.717) is 30.5 Å². The minimum atomic E-state index is 0.306. The third-order valence-electron chi connectivity index (χ3n) is 7.13. The zero-order valence-corrected chi connectivity index (χ0v) is 19.6. The molecular weight excluding hydrogens is 440 g/mol. The Morgan fingerprint density at radius 2 is 2.03 bits per heavy atom. The first-order valence-corrected chi connectivity index (χ1v) is 12.1. The van der Waals surface area contributed by atoms with Crippen LogP contribution in [-0.4, -0.2) is 59.3 Å². The fourth-order valence-corrected chi connectivity index (χ4v) is 5.57. The van der Waals surface area contributed by atoms with Gasteiger partial charge in [0.05, 0.1) is 17.9 Å². The van der Waals surface area contributed by atoms with Crippen LogP contribution in [0.2, 0.25) is 0 Å². The Bertz CT molecular complexity index is 1350. The molecule has 0 unspecified atom stereocenters. The number of hydrogen-bond acceptors (Lipinski definition) is 8. The first-order chi connectivity index (χ1) is 17.2. The van der Waals surface area contributed by atoms with Crippen molar-refractivity contribution in [3.8, 4) is 11.8 Å². The Balaban J connectivity index is 1.31. The van der Waals surface area contributed by atoms with Gasteiger partial charge in [0, 0.05) is 66.3 Å². The highest BCUT2D eigenvalue weighted by Crippen LogP contribution is 2.37. The molecule has 35 heavy (non-hydrogen) atoms. The molecular formula is C25H28N10. The Kier molecular flexibility index (Phi) is 5.54. The molecule has 10 heteroatoms. The van der Waals surface area contributed by atoms with Crippen molar-refractivity contribution in [2.24, 2.45) is 0 Å². The number of nitrogens with zero attached hydrogens (tertiary/aromatic N) is 7. The van der Waals surface area contributed by atoms with Crippen LogP contribution in [-0.2, 0) is 0 Å². The van der Waals surface area contributed by atoms with E-state index in [9.17, 15) is 0 Å². The van der Waals surface area contributed by atoms with E-state index in [2.05, 4.69) is 42.9 Å². The number of nitrogens with one attached hydrogen (secondary N) is 3. The standard InChI is InChI=1S/C25H28N10/c1-16-11-23(33-32-16)30-24-21-6-5-18(34-10-8-27-15-34)14-22(21)29-25(31-24)28-17-12-19-3-4-20(13-17)35(19)9-2-7-26/h5-6,8,10-11,14-15,17,19-20H,2-4,9,12-13H2,1H3,(H3,28,29,30,31,32,33)/t17-,19-,20+. The molecule has 178 valence electrons. The lowest BCUT2D eigenvalue weighted by molar-refractivity contribution is 0.135. The lowest BCUT2D eigenvalue weighted by Gasteiger charge is -2.38. The summed E-state index contributed by atoms with van der Waals surface area (Å²) in [4.78, 5) is 16.5. The van der Waals surface area contributed by atoms with E-state index in [4.69, 9.17) is 15.2 Å². The van der Waals surface area contributed by atoms with Gasteiger partial charge in [0.1, 0.15) is 5.82 Å². The second-order valence-electron chi connectivity index (χ2n) is 9.47. The average molecular weight is 469 g/mol. The molecule has 3 N–H and O–H groups in total. The van der Waals surface area contributed by atoms with Crippen LogP contribution in [0.1, 0.15) is 37.8 Å². The molecule has 0 spiro atoms. The maximum Gasteiger partial charge on any atom is 0.225 e. The van der Waals surface area contributed by atoms with Crippen LogP contribution in [0.5, 0.6) is 0 Å². The number of rotatable bonds is 7. The summed E-state index contributed by atoms with van der Waals surface area (Å²) in [6.07, 6.45) is 10.5. The van der Waals surface area contributed by atoms with Gasteiger partial charge in [-0.15, -0.1) is 0 Å². The number of aryl methyl sites for hydroxylation is 1. The van der Waals surface area contributed by atoms with E-state index in [1.807, 2.05) is 35.9 Å². The number of imidazole rings is 1. The van der Waals surface area contributed by atoms with Crippen LogP contribution in [0.25, 0.3) is 16.6 Å². The fourth-order valence-electron chi connectivity index (χ4n) is 5.57. The third kappa shape index (κ3) is 4.31. The Morgan fingerprint density at radius 3 is 2.74 bits per heavy atom. The summed E-state index contributed by atoms with van der Waals surface area (Å²) in [5.74, 6) is 2.05. The minimum absolute atomic E-state index is 0.306. The van der Waals surface area contributed by atoms with Crippen LogP contribution < -0.4 is 10.6 Å². The molecule has 5 heterocycles. The van der Waals surface area contributed by atoms with E-state index >= 15 is 0 Å². The number of nitriles is 1. The molecule has 1 aromatic carbocycles. The molecule has 2 aliphatic rings. The van der Waals surface area contributed by atoms with E-state index in [1.165, 1.54) is 12.8 Å². The van der Waals surface area contributed by atoms with Crippen molar-refractivity contribution in [3.63, 3.8) is 0 Å². The van der Waals surface area contributed by atoms with Gasteiger partial charge in [-0.05, 0) is 50.8 Å². The van der Waals surface area contributed by atoms with Gasteiger partial charge >= 0.3 is 0 Å². The molecule has 3 atom stereocenters. The lowest BCUT2D eigenvalue weighted by atomic mass is 9.97. The summed E-state index contributed by atoms with van der Waals surface area (Å²) >= 11 is 0. The van der Waals surface area contributed by atoms with E-state index in [-0.39, 0.29) is 0 Å². The van der Waals surface area contributed by atoms with Crippen LogP contribution in [0, 0.1) is 18.3 Å². The zero-order chi connectivity index (χ0) is 23.8. The molecule has 0 radical (unpaired) electrons. The second kappa shape index (κ2) is 9.00. The summed E-state index contributed by atoms with van der Waals surface area (Å²) in [6.45, 7) is 2.84. The van der Waals surface area contributed by atoms with Crippen molar-refractivity contribution in [2.45, 2.75) is 57.2 Å². The van der Waals surface area contributed by atoms with Gasteiger partial charge in [0.15, 0.2) is 5.82 Å². The van der Waals surface area contributed by atoms with E-state index < -0.39 is 0 Å². The molecule has 2 aliphatic heterocycles. The summed E-state index contributed by atoms with van der Waals surface area (Å²) in [5.41, 5.74) is 2.81. The molecule has 4 aromatic rings. The Hall–Kier alpha value is -3.97. The van der Waals surface area contributed by atoms with Crippen molar-refractivity contribution in [3.05, 3.63) is 48.7 Å². The smallest absolute Gasteiger partial charge is 0.225 e. The topological polar surface area (TPSA) is 123 Å². The molecule has 0 aliphatic carbocycles. The predicted octanol–water partition coefficient (Wildman–Crippen LogP) is 3.91. The van der Waals surface area contributed by atoms with Crippen molar-refractivity contribution in [1.29, 1.82) is 5.26 Å². The van der Waals surface area contributed by atoms with Gasteiger partial charge in [-0.1, -0.05) is 0 Å². The highest BCUT2D eigenvalue weighted by atomic mass is 15.3. The number of aromatic amines is 1. The van der Waals surface area contributed by atoms with Crippen molar-refractivity contribution in [1.82, 2.24) is 34.6 Å². The van der Waals surface area contributed by atoms with Crippen LogP contribution in [0.15, 0.2) is 43.0 Å². The van der Waals surface area contributed by atoms with Gasteiger partial charge in [-0.25, -0.2) is 9.97 Å². The lowest BCUT2D eigenvalue weighted by Crippen LogP contribution is -2.47. The Morgan fingerprint density at radius 1 is 1.17 bits per heavy atom. The number of piperidine rings is 1. The van der Waals surface area contributed by atoms with Gasteiger partial charge < -0.3 is 15.2 Å². The van der Waals surface area contributed by atoms with E-state index in [0.717, 1.165) is 53.3 Å². The normalized spacial score (nSPS) is 21.8. The third-order valence-corrected chi connectivity index (χ3v) is 7.13. The van der Waals surface area contributed by atoms with Crippen molar-refractivity contribution < 1.29 is 0 Å². The molecule has 10 nitrogen and oxygen atoms in total.